The monoisotopic (exact) mass is 397 g/mol. The molecule has 1 atom stereocenters. The highest BCUT2D eigenvalue weighted by Gasteiger charge is 2.36. The third-order valence-corrected chi connectivity index (χ3v) is 7.21. The van der Waals surface area contributed by atoms with Gasteiger partial charge in [0.05, 0.1) is 6.26 Å². The lowest BCUT2D eigenvalue weighted by Gasteiger charge is -2.21. The molecule has 1 amide bonds. The number of sulfonamides is 1. The van der Waals surface area contributed by atoms with Gasteiger partial charge in [0.15, 0.2) is 4.34 Å². The molecule has 0 radical (unpaired) electrons. The molecule has 0 aliphatic carbocycles. The number of carbonyl (C=O) groups is 1. The largest absolute Gasteiger partial charge is 0.325 e. The summed E-state index contributed by atoms with van der Waals surface area (Å²) < 4.78 is 25.8. The van der Waals surface area contributed by atoms with Gasteiger partial charge >= 0.3 is 0 Å². The van der Waals surface area contributed by atoms with Crippen LogP contribution in [0.5, 0.6) is 0 Å². The summed E-state index contributed by atoms with van der Waals surface area (Å²) in [5.74, 6) is -0.279. The molecule has 3 rings (SSSR count). The number of hydrogen-bond acceptors (Lipinski definition) is 6. The number of nitrogens with one attached hydrogen (secondary N) is 1. The molecule has 1 unspecified atom stereocenters. The van der Waals surface area contributed by atoms with Crippen LogP contribution >= 0.6 is 23.1 Å². The fourth-order valence-corrected chi connectivity index (χ4v) is 5.64. The Labute approximate surface area is 155 Å². The molecular formula is C16H19N3O3S3. The number of rotatable bonds is 5. The third-order valence-electron chi connectivity index (χ3n) is 3.86. The second-order valence-electron chi connectivity index (χ2n) is 5.90. The van der Waals surface area contributed by atoms with E-state index < -0.39 is 16.1 Å². The number of carbonyl (C=O) groups excluding carboxylic acids is 1. The van der Waals surface area contributed by atoms with Crippen LogP contribution in [-0.2, 0) is 14.8 Å². The van der Waals surface area contributed by atoms with Crippen LogP contribution in [0.3, 0.4) is 0 Å². The summed E-state index contributed by atoms with van der Waals surface area (Å²) in [5.41, 5.74) is 1.66. The van der Waals surface area contributed by atoms with Crippen molar-refractivity contribution in [2.45, 2.75) is 35.0 Å². The van der Waals surface area contributed by atoms with Crippen molar-refractivity contribution < 1.29 is 13.2 Å². The van der Waals surface area contributed by atoms with Crippen LogP contribution in [0.15, 0.2) is 38.9 Å². The second-order valence-corrected chi connectivity index (χ2v) is 10.0. The van der Waals surface area contributed by atoms with Gasteiger partial charge in [0.1, 0.15) is 6.04 Å². The van der Waals surface area contributed by atoms with Gasteiger partial charge in [0.25, 0.3) is 0 Å². The standard InChI is InChI=1S/C16H19N3O3S3/c1-11-10-23-16(17-11)24-13-7-5-12(6-8-13)18-15(20)14-4-3-9-19(14)25(2,21)22/h5-8,10,14H,3-4,9H2,1-2H3,(H,18,20). The minimum atomic E-state index is -3.36. The fourth-order valence-electron chi connectivity index (χ4n) is 2.71. The zero-order chi connectivity index (χ0) is 18.0. The summed E-state index contributed by atoms with van der Waals surface area (Å²) in [7, 11) is -3.36. The first-order valence-corrected chi connectivity index (χ1v) is 11.3. The Morgan fingerprint density at radius 1 is 1.36 bits per heavy atom. The molecule has 1 N–H and O–H groups in total. The Balaban J connectivity index is 1.64. The molecular weight excluding hydrogens is 378 g/mol. The quantitative estimate of drug-likeness (QED) is 0.839. The van der Waals surface area contributed by atoms with Crippen LogP contribution in [0.25, 0.3) is 0 Å². The van der Waals surface area contributed by atoms with Crippen molar-refractivity contribution in [1.29, 1.82) is 0 Å². The fraction of sp³-hybridized carbons (Fsp3) is 0.375. The highest BCUT2D eigenvalue weighted by molar-refractivity contribution is 8.01. The van der Waals surface area contributed by atoms with E-state index in [4.69, 9.17) is 0 Å². The van der Waals surface area contributed by atoms with E-state index in [-0.39, 0.29) is 5.91 Å². The lowest BCUT2D eigenvalue weighted by molar-refractivity contribution is -0.119. The van der Waals surface area contributed by atoms with Crippen molar-refractivity contribution in [3.63, 3.8) is 0 Å². The molecule has 1 aliphatic rings. The number of aryl methyl sites for hydroxylation is 1. The summed E-state index contributed by atoms with van der Waals surface area (Å²) >= 11 is 3.17. The summed E-state index contributed by atoms with van der Waals surface area (Å²) in [6.07, 6.45) is 2.40. The molecule has 2 aromatic rings. The first-order valence-electron chi connectivity index (χ1n) is 7.80. The number of anilines is 1. The van der Waals surface area contributed by atoms with Crippen LogP contribution in [0, 0.1) is 6.92 Å². The molecule has 1 saturated heterocycles. The Morgan fingerprint density at radius 3 is 2.68 bits per heavy atom. The molecule has 1 aromatic heterocycles. The normalized spacial score (nSPS) is 18.4. The molecule has 1 fully saturated rings. The van der Waals surface area contributed by atoms with E-state index >= 15 is 0 Å². The predicted molar refractivity (Wildman–Crippen MR) is 101 cm³/mol. The molecule has 9 heteroatoms. The number of amides is 1. The lowest BCUT2D eigenvalue weighted by atomic mass is 10.2. The molecule has 1 aliphatic heterocycles. The van der Waals surface area contributed by atoms with Crippen molar-refractivity contribution in [3.05, 3.63) is 35.3 Å². The van der Waals surface area contributed by atoms with E-state index in [1.54, 1.807) is 23.1 Å². The number of thiazole rings is 1. The van der Waals surface area contributed by atoms with E-state index in [1.807, 2.05) is 36.6 Å². The van der Waals surface area contributed by atoms with Gasteiger partial charge in [-0.3, -0.25) is 4.79 Å². The molecule has 25 heavy (non-hydrogen) atoms. The Bertz CT molecular complexity index is 862. The maximum absolute atomic E-state index is 12.4. The summed E-state index contributed by atoms with van der Waals surface area (Å²) in [5, 5.41) is 4.82. The van der Waals surface area contributed by atoms with Crippen LogP contribution in [0.2, 0.25) is 0 Å². The molecule has 0 bridgehead atoms. The van der Waals surface area contributed by atoms with Crippen molar-refractivity contribution in [3.8, 4) is 0 Å². The van der Waals surface area contributed by atoms with Crippen molar-refractivity contribution in [1.82, 2.24) is 9.29 Å². The SMILES string of the molecule is Cc1csc(Sc2ccc(NC(=O)C3CCCN3S(C)(=O)=O)cc2)n1. The van der Waals surface area contributed by atoms with Gasteiger partial charge in [-0.1, -0.05) is 11.8 Å². The van der Waals surface area contributed by atoms with Gasteiger partial charge in [0.2, 0.25) is 15.9 Å². The highest BCUT2D eigenvalue weighted by atomic mass is 32.2. The van der Waals surface area contributed by atoms with E-state index in [1.165, 1.54) is 4.31 Å². The van der Waals surface area contributed by atoms with Crippen LogP contribution in [-0.4, -0.2) is 42.5 Å². The molecule has 0 saturated carbocycles. The first-order chi connectivity index (χ1) is 11.8. The lowest BCUT2D eigenvalue weighted by Crippen LogP contribution is -2.42. The first kappa shape index (κ1) is 18.4. The van der Waals surface area contributed by atoms with Crippen molar-refractivity contribution >= 4 is 44.7 Å². The maximum Gasteiger partial charge on any atom is 0.242 e. The zero-order valence-corrected chi connectivity index (χ0v) is 16.4. The van der Waals surface area contributed by atoms with Crippen molar-refractivity contribution in [2.75, 3.05) is 18.1 Å². The van der Waals surface area contributed by atoms with Crippen LogP contribution in [0.4, 0.5) is 5.69 Å². The third kappa shape index (κ3) is 4.60. The van der Waals surface area contributed by atoms with E-state index in [0.29, 0.717) is 25.1 Å². The molecule has 0 spiro atoms. The van der Waals surface area contributed by atoms with E-state index in [0.717, 1.165) is 21.2 Å². The summed E-state index contributed by atoms with van der Waals surface area (Å²) in [6.45, 7) is 2.36. The van der Waals surface area contributed by atoms with Crippen molar-refractivity contribution in [2.24, 2.45) is 0 Å². The van der Waals surface area contributed by atoms with Gasteiger partial charge in [-0.2, -0.15) is 4.31 Å². The molecule has 2 heterocycles. The molecule has 134 valence electrons. The summed E-state index contributed by atoms with van der Waals surface area (Å²) in [4.78, 5) is 17.9. The number of benzene rings is 1. The minimum absolute atomic E-state index is 0.279. The van der Waals surface area contributed by atoms with Gasteiger partial charge in [-0.05, 0) is 44.0 Å². The topological polar surface area (TPSA) is 79.4 Å². The molecule has 6 nitrogen and oxygen atoms in total. The second kappa shape index (κ2) is 7.45. The number of hydrogen-bond donors (Lipinski definition) is 1. The number of aromatic nitrogens is 1. The van der Waals surface area contributed by atoms with Crippen LogP contribution < -0.4 is 5.32 Å². The Kier molecular flexibility index (Phi) is 5.47. The Hall–Kier alpha value is -1.42. The predicted octanol–water partition coefficient (Wildman–Crippen LogP) is 2.97. The van der Waals surface area contributed by atoms with Gasteiger partial charge in [0, 0.05) is 28.2 Å². The van der Waals surface area contributed by atoms with Gasteiger partial charge < -0.3 is 5.32 Å². The van der Waals surface area contributed by atoms with Gasteiger partial charge in [-0.25, -0.2) is 13.4 Å². The van der Waals surface area contributed by atoms with Crippen LogP contribution in [0.1, 0.15) is 18.5 Å². The van der Waals surface area contributed by atoms with E-state index in [2.05, 4.69) is 10.3 Å². The highest BCUT2D eigenvalue weighted by Crippen LogP contribution is 2.31. The summed E-state index contributed by atoms with van der Waals surface area (Å²) in [6, 6.07) is 6.85. The zero-order valence-electron chi connectivity index (χ0n) is 13.9. The maximum atomic E-state index is 12.4. The average molecular weight is 398 g/mol. The molecule has 1 aromatic carbocycles. The van der Waals surface area contributed by atoms with Gasteiger partial charge in [-0.15, -0.1) is 11.3 Å². The average Bonchev–Trinajstić information content (AvgIpc) is 3.18. The Morgan fingerprint density at radius 2 is 2.08 bits per heavy atom. The minimum Gasteiger partial charge on any atom is -0.325 e. The smallest absolute Gasteiger partial charge is 0.242 e. The van der Waals surface area contributed by atoms with E-state index in [9.17, 15) is 13.2 Å². The number of nitrogens with zero attached hydrogens (tertiary/aromatic N) is 2.